The Morgan fingerprint density at radius 2 is 1.85 bits per heavy atom. The first kappa shape index (κ1) is 15.5. The fourth-order valence-corrected chi connectivity index (χ4v) is 3.96. The van der Waals surface area contributed by atoms with Crippen LogP contribution >= 0.6 is 0 Å². The van der Waals surface area contributed by atoms with Gasteiger partial charge >= 0.3 is 0 Å². The third-order valence-corrected chi connectivity index (χ3v) is 5.41. The van der Waals surface area contributed by atoms with Crippen LogP contribution in [0.15, 0.2) is 29.2 Å². The van der Waals surface area contributed by atoms with Crippen LogP contribution in [0.1, 0.15) is 44.1 Å². The summed E-state index contributed by atoms with van der Waals surface area (Å²) in [6.07, 6.45) is 6.35. The molecule has 0 aliphatic heterocycles. The van der Waals surface area contributed by atoms with E-state index in [1.54, 1.807) is 18.2 Å². The Bertz CT molecular complexity index is 547. The van der Waals surface area contributed by atoms with Crippen LogP contribution in [0.2, 0.25) is 0 Å². The molecule has 20 heavy (non-hydrogen) atoms. The number of hydrogen-bond donors (Lipinski definition) is 2. The Hall–Kier alpha value is -0.910. The van der Waals surface area contributed by atoms with Gasteiger partial charge in [-0.25, -0.2) is 13.1 Å². The van der Waals surface area contributed by atoms with Crippen LogP contribution in [0.25, 0.3) is 0 Å². The zero-order valence-corrected chi connectivity index (χ0v) is 12.9. The van der Waals surface area contributed by atoms with Crippen molar-refractivity contribution in [3.8, 4) is 0 Å². The highest BCUT2D eigenvalue weighted by atomic mass is 32.2. The van der Waals surface area contributed by atoms with Gasteiger partial charge in [0, 0.05) is 12.1 Å². The van der Waals surface area contributed by atoms with E-state index in [9.17, 15) is 8.42 Å². The van der Waals surface area contributed by atoms with Crippen molar-refractivity contribution in [2.24, 2.45) is 5.73 Å². The predicted octanol–water partition coefficient (Wildman–Crippen LogP) is 2.33. The molecular weight excluding hydrogens is 272 g/mol. The smallest absolute Gasteiger partial charge is 0.240 e. The second-order valence-electron chi connectivity index (χ2n) is 5.92. The van der Waals surface area contributed by atoms with Crippen LogP contribution < -0.4 is 10.5 Å². The Balaban J connectivity index is 2.05. The summed E-state index contributed by atoms with van der Waals surface area (Å²) >= 11 is 0. The van der Waals surface area contributed by atoms with Gasteiger partial charge in [0.25, 0.3) is 0 Å². The molecule has 1 aliphatic carbocycles. The van der Waals surface area contributed by atoms with Crippen LogP contribution in [-0.2, 0) is 10.0 Å². The van der Waals surface area contributed by atoms with E-state index >= 15 is 0 Å². The fraction of sp³-hybridized carbons (Fsp3) is 0.600. The molecule has 0 unspecified atom stereocenters. The molecule has 112 valence electrons. The quantitative estimate of drug-likeness (QED) is 0.838. The van der Waals surface area contributed by atoms with Gasteiger partial charge in [-0.2, -0.15) is 0 Å². The van der Waals surface area contributed by atoms with E-state index in [1.807, 2.05) is 13.0 Å². The van der Waals surface area contributed by atoms with Gasteiger partial charge in [-0.3, -0.25) is 0 Å². The molecule has 1 aromatic carbocycles. The summed E-state index contributed by atoms with van der Waals surface area (Å²) in [7, 11) is -3.46. The fourth-order valence-electron chi connectivity index (χ4n) is 2.71. The molecule has 4 nitrogen and oxygen atoms in total. The minimum Gasteiger partial charge on any atom is -0.324 e. The number of hydrogen-bond acceptors (Lipinski definition) is 3. The summed E-state index contributed by atoms with van der Waals surface area (Å²) in [6, 6.07) is 6.94. The van der Waals surface area contributed by atoms with Crippen molar-refractivity contribution in [3.05, 3.63) is 29.8 Å². The highest BCUT2D eigenvalue weighted by Gasteiger charge is 2.28. The molecule has 0 amide bonds. The third kappa shape index (κ3) is 4.04. The van der Waals surface area contributed by atoms with Crippen molar-refractivity contribution in [1.82, 2.24) is 4.72 Å². The molecule has 3 N–H and O–H groups in total. The summed E-state index contributed by atoms with van der Waals surface area (Å²) < 4.78 is 27.3. The van der Waals surface area contributed by atoms with E-state index in [2.05, 4.69) is 4.72 Å². The lowest BCUT2D eigenvalue weighted by Crippen LogP contribution is -2.49. The second-order valence-corrected chi connectivity index (χ2v) is 7.68. The number of sulfonamides is 1. The number of nitrogens with one attached hydrogen (secondary N) is 1. The normalized spacial score (nSPS) is 19.5. The second kappa shape index (κ2) is 6.24. The Morgan fingerprint density at radius 3 is 2.45 bits per heavy atom. The van der Waals surface area contributed by atoms with Crippen LogP contribution in [-0.4, -0.2) is 20.5 Å². The zero-order chi connectivity index (χ0) is 14.6. The van der Waals surface area contributed by atoms with Crippen LogP contribution in [0.5, 0.6) is 0 Å². The number of aryl methyl sites for hydroxylation is 1. The van der Waals surface area contributed by atoms with Crippen LogP contribution in [0.4, 0.5) is 0 Å². The van der Waals surface area contributed by atoms with Crippen LogP contribution in [0.3, 0.4) is 0 Å². The van der Waals surface area contributed by atoms with Crippen molar-refractivity contribution in [2.75, 3.05) is 6.54 Å². The van der Waals surface area contributed by atoms with Crippen molar-refractivity contribution in [1.29, 1.82) is 0 Å². The van der Waals surface area contributed by atoms with E-state index in [0.29, 0.717) is 11.4 Å². The van der Waals surface area contributed by atoms with E-state index < -0.39 is 15.6 Å². The van der Waals surface area contributed by atoms with E-state index in [-0.39, 0.29) is 0 Å². The molecule has 2 rings (SSSR count). The molecule has 0 aromatic heterocycles. The molecule has 0 heterocycles. The summed E-state index contributed by atoms with van der Waals surface area (Å²) in [5, 5.41) is 0. The highest BCUT2D eigenvalue weighted by molar-refractivity contribution is 7.89. The maximum atomic E-state index is 12.3. The summed E-state index contributed by atoms with van der Waals surface area (Å²) in [5.74, 6) is 0. The molecule has 0 radical (unpaired) electrons. The molecule has 1 fully saturated rings. The topological polar surface area (TPSA) is 72.2 Å². The van der Waals surface area contributed by atoms with Gasteiger partial charge in [0.05, 0.1) is 4.90 Å². The average molecular weight is 296 g/mol. The maximum Gasteiger partial charge on any atom is 0.240 e. The molecule has 0 atom stereocenters. The van der Waals surface area contributed by atoms with E-state index in [4.69, 9.17) is 5.73 Å². The largest absolute Gasteiger partial charge is 0.324 e. The number of nitrogens with two attached hydrogens (primary N) is 1. The first-order chi connectivity index (χ1) is 9.41. The molecule has 0 bridgehead atoms. The van der Waals surface area contributed by atoms with Gasteiger partial charge in [0.15, 0.2) is 0 Å². The van der Waals surface area contributed by atoms with Gasteiger partial charge in [0.2, 0.25) is 10.0 Å². The molecular formula is C15H24N2O2S. The van der Waals surface area contributed by atoms with Gasteiger partial charge in [-0.1, -0.05) is 37.8 Å². The molecule has 0 spiro atoms. The first-order valence-electron chi connectivity index (χ1n) is 7.27. The summed E-state index contributed by atoms with van der Waals surface area (Å²) in [5.41, 5.74) is 6.89. The van der Waals surface area contributed by atoms with Gasteiger partial charge in [0.1, 0.15) is 0 Å². The number of rotatable bonds is 4. The highest BCUT2D eigenvalue weighted by Crippen LogP contribution is 2.24. The molecule has 1 aromatic rings. The summed E-state index contributed by atoms with van der Waals surface area (Å²) in [4.78, 5) is 0.315. The molecule has 1 aliphatic rings. The minimum atomic E-state index is -3.46. The lowest BCUT2D eigenvalue weighted by molar-refractivity contribution is 0.369. The van der Waals surface area contributed by atoms with Gasteiger partial charge in [-0.15, -0.1) is 0 Å². The first-order valence-corrected chi connectivity index (χ1v) is 8.75. The average Bonchev–Trinajstić information content (AvgIpc) is 2.62. The maximum absolute atomic E-state index is 12.3. The van der Waals surface area contributed by atoms with Crippen LogP contribution in [0, 0.1) is 6.92 Å². The lowest BCUT2D eigenvalue weighted by Gasteiger charge is -2.28. The lowest BCUT2D eigenvalue weighted by atomic mass is 9.92. The minimum absolute atomic E-state index is 0.315. The molecule has 1 saturated carbocycles. The predicted molar refractivity (Wildman–Crippen MR) is 81.0 cm³/mol. The van der Waals surface area contributed by atoms with E-state index in [0.717, 1.165) is 31.2 Å². The van der Waals surface area contributed by atoms with Gasteiger partial charge in [-0.05, 0) is 37.5 Å². The summed E-state index contributed by atoms with van der Waals surface area (Å²) in [6.45, 7) is 2.21. The monoisotopic (exact) mass is 296 g/mol. The van der Waals surface area contributed by atoms with Gasteiger partial charge < -0.3 is 5.73 Å². The SMILES string of the molecule is Cc1cccc(S(=O)(=O)NCC2(N)CCCCCC2)c1. The zero-order valence-electron chi connectivity index (χ0n) is 12.1. The Morgan fingerprint density at radius 1 is 1.20 bits per heavy atom. The van der Waals surface area contributed by atoms with Crippen molar-refractivity contribution < 1.29 is 8.42 Å². The standard InChI is InChI=1S/C15H24N2O2S/c1-13-7-6-8-14(11-13)20(18,19)17-12-15(16)9-4-2-3-5-10-15/h6-8,11,17H,2-5,9-10,12,16H2,1H3. The number of benzene rings is 1. The van der Waals surface area contributed by atoms with Crippen molar-refractivity contribution in [3.63, 3.8) is 0 Å². The molecule has 0 saturated heterocycles. The Kier molecular flexibility index (Phi) is 4.83. The Labute approximate surface area is 121 Å². The van der Waals surface area contributed by atoms with E-state index in [1.165, 1.54) is 12.8 Å². The van der Waals surface area contributed by atoms with Crippen molar-refractivity contribution in [2.45, 2.75) is 55.9 Å². The third-order valence-electron chi connectivity index (χ3n) is 4.01. The van der Waals surface area contributed by atoms with Crippen molar-refractivity contribution >= 4 is 10.0 Å². The molecule has 5 heteroatoms.